The Balaban J connectivity index is 0.864. The van der Waals surface area contributed by atoms with Gasteiger partial charge in [0.2, 0.25) is 5.92 Å². The molecule has 67 heavy (non-hydrogen) atoms. The van der Waals surface area contributed by atoms with E-state index in [1.54, 1.807) is 0 Å². The SMILES string of the molecule is C=C(CC(C)(C)CC1CC1C(O)C1CCC(CC(CC)C(C)C(CC(C=CCC2(C3CCC(Cl)CC3)CC2)CC)C2CC2CC(C)(F)F)CC1)C(O)C(O)C(=C)C1CCCCC1C1CCCC1. The molecule has 6 heteroatoms. The highest BCUT2D eigenvalue weighted by Crippen LogP contribution is 2.60. The van der Waals surface area contributed by atoms with Gasteiger partial charge in [0.05, 0.1) is 6.10 Å². The summed E-state index contributed by atoms with van der Waals surface area (Å²) in [5.41, 5.74) is 1.99. The lowest BCUT2D eigenvalue weighted by Crippen LogP contribution is -2.37. The Labute approximate surface area is 415 Å². The number of halogens is 3. The van der Waals surface area contributed by atoms with Gasteiger partial charge in [-0.2, -0.15) is 0 Å². The average Bonchev–Trinajstić information content (AvgIpc) is 4.27. The molecule has 7 fully saturated rings. The normalized spacial score (nSPS) is 35.6. The maximum atomic E-state index is 14.4. The average molecular weight is 956 g/mol. The maximum Gasteiger partial charge on any atom is 0.245 e. The molecule has 7 saturated carbocycles. The predicted molar refractivity (Wildman–Crippen MR) is 277 cm³/mol. The molecule has 13 atom stereocenters. The van der Waals surface area contributed by atoms with Crippen LogP contribution in [0.25, 0.3) is 0 Å². The summed E-state index contributed by atoms with van der Waals surface area (Å²) < 4.78 is 28.7. The van der Waals surface area contributed by atoms with Crippen molar-refractivity contribution in [3.63, 3.8) is 0 Å². The predicted octanol–water partition coefficient (Wildman–Crippen LogP) is 16.7. The zero-order chi connectivity index (χ0) is 48.3. The molecule has 0 aromatic rings. The molecule has 3 N–H and O–H groups in total. The van der Waals surface area contributed by atoms with E-state index in [2.05, 4.69) is 59.9 Å². The van der Waals surface area contributed by atoms with Crippen LogP contribution in [0.5, 0.6) is 0 Å². The number of alkyl halides is 3. The molecule has 0 aromatic carbocycles. The Morgan fingerprint density at radius 1 is 0.776 bits per heavy atom. The molecular formula is C61H101ClF2O3. The van der Waals surface area contributed by atoms with Crippen molar-refractivity contribution in [3.8, 4) is 0 Å². The van der Waals surface area contributed by atoms with Gasteiger partial charge < -0.3 is 15.3 Å². The quantitative estimate of drug-likeness (QED) is 0.0598. The second-order valence-electron chi connectivity index (χ2n) is 26.4. The first-order valence-corrected chi connectivity index (χ1v) is 29.3. The molecule has 0 saturated heterocycles. The van der Waals surface area contributed by atoms with E-state index in [0.717, 1.165) is 82.1 Å². The van der Waals surface area contributed by atoms with E-state index in [-0.39, 0.29) is 23.9 Å². The molecule has 7 rings (SSSR count). The minimum absolute atomic E-state index is 0.0447. The van der Waals surface area contributed by atoms with E-state index in [0.29, 0.717) is 87.9 Å². The third kappa shape index (κ3) is 14.5. The van der Waals surface area contributed by atoms with Gasteiger partial charge in [0.1, 0.15) is 12.2 Å². The Morgan fingerprint density at radius 3 is 2.03 bits per heavy atom. The van der Waals surface area contributed by atoms with Crippen LogP contribution in [0.3, 0.4) is 0 Å². The van der Waals surface area contributed by atoms with Gasteiger partial charge in [0.25, 0.3) is 0 Å². The van der Waals surface area contributed by atoms with E-state index in [9.17, 15) is 24.1 Å². The molecule has 0 aromatic heterocycles. The van der Waals surface area contributed by atoms with E-state index in [4.69, 9.17) is 11.6 Å². The summed E-state index contributed by atoms with van der Waals surface area (Å²) in [6.45, 7) is 21.6. The fourth-order valence-corrected chi connectivity index (χ4v) is 16.6. The van der Waals surface area contributed by atoms with Gasteiger partial charge in [-0.05, 0) is 227 Å². The lowest BCUT2D eigenvalue weighted by molar-refractivity contribution is 0.00352. The van der Waals surface area contributed by atoms with Crippen LogP contribution in [0.15, 0.2) is 36.5 Å². The van der Waals surface area contributed by atoms with Gasteiger partial charge in [-0.15, -0.1) is 11.6 Å². The molecule has 0 spiro atoms. The Hall–Kier alpha value is -0.750. The van der Waals surface area contributed by atoms with Crippen LogP contribution in [0.2, 0.25) is 0 Å². The van der Waals surface area contributed by atoms with Crippen LogP contribution in [0.1, 0.15) is 221 Å². The molecule has 0 aliphatic heterocycles. The van der Waals surface area contributed by atoms with Gasteiger partial charge >= 0.3 is 0 Å². The maximum absolute atomic E-state index is 14.4. The van der Waals surface area contributed by atoms with E-state index in [1.165, 1.54) is 109 Å². The smallest absolute Gasteiger partial charge is 0.245 e. The van der Waals surface area contributed by atoms with Crippen LogP contribution in [-0.4, -0.2) is 44.9 Å². The van der Waals surface area contributed by atoms with Crippen molar-refractivity contribution in [1.82, 2.24) is 0 Å². The van der Waals surface area contributed by atoms with Crippen LogP contribution in [0.4, 0.5) is 8.78 Å². The second-order valence-corrected chi connectivity index (χ2v) is 27.0. The van der Waals surface area contributed by atoms with Crippen molar-refractivity contribution < 1.29 is 24.1 Å². The first-order chi connectivity index (χ1) is 31.8. The molecule has 0 heterocycles. The topological polar surface area (TPSA) is 60.7 Å². The van der Waals surface area contributed by atoms with Crippen molar-refractivity contribution in [2.75, 3.05) is 0 Å². The fraction of sp³-hybridized carbons (Fsp3) is 0.902. The van der Waals surface area contributed by atoms with Crippen molar-refractivity contribution in [2.45, 2.75) is 251 Å². The Bertz CT molecular complexity index is 1590. The van der Waals surface area contributed by atoms with Crippen molar-refractivity contribution in [2.24, 2.45) is 93.7 Å². The number of allylic oxidation sites excluding steroid dienone is 2. The summed E-state index contributed by atoms with van der Waals surface area (Å²) in [5.74, 6) is 4.53. The lowest BCUT2D eigenvalue weighted by atomic mass is 9.67. The molecule has 384 valence electrons. The first-order valence-electron chi connectivity index (χ1n) is 28.9. The summed E-state index contributed by atoms with van der Waals surface area (Å²) >= 11 is 6.48. The molecular weight excluding hydrogens is 854 g/mol. The highest BCUT2D eigenvalue weighted by Gasteiger charge is 2.51. The summed E-state index contributed by atoms with van der Waals surface area (Å²) in [7, 11) is 0. The monoisotopic (exact) mass is 955 g/mol. The molecule has 3 nitrogen and oxygen atoms in total. The van der Waals surface area contributed by atoms with Gasteiger partial charge in [-0.25, -0.2) is 8.78 Å². The minimum Gasteiger partial charge on any atom is -0.393 e. The van der Waals surface area contributed by atoms with E-state index >= 15 is 0 Å². The van der Waals surface area contributed by atoms with E-state index < -0.39 is 18.1 Å². The van der Waals surface area contributed by atoms with Crippen LogP contribution in [0, 0.1) is 93.7 Å². The van der Waals surface area contributed by atoms with Gasteiger partial charge in [0.15, 0.2) is 0 Å². The lowest BCUT2D eigenvalue weighted by Gasteiger charge is -2.39. The van der Waals surface area contributed by atoms with Crippen LogP contribution in [-0.2, 0) is 0 Å². The third-order valence-corrected chi connectivity index (χ3v) is 21.3. The largest absolute Gasteiger partial charge is 0.393 e. The Kier molecular flexibility index (Phi) is 18.9. The summed E-state index contributed by atoms with van der Waals surface area (Å²) in [4.78, 5) is 0. The highest BCUT2D eigenvalue weighted by molar-refractivity contribution is 6.20. The van der Waals surface area contributed by atoms with Crippen LogP contribution < -0.4 is 0 Å². The molecule has 0 bridgehead atoms. The third-order valence-electron chi connectivity index (χ3n) is 20.9. The fourth-order valence-electron chi connectivity index (χ4n) is 16.4. The summed E-state index contributed by atoms with van der Waals surface area (Å²) in [5, 5.41) is 35.1. The summed E-state index contributed by atoms with van der Waals surface area (Å²) in [6, 6.07) is 0. The summed E-state index contributed by atoms with van der Waals surface area (Å²) in [6.07, 6.45) is 34.8. The van der Waals surface area contributed by atoms with Gasteiger partial charge in [0, 0.05) is 11.8 Å². The Morgan fingerprint density at radius 2 is 1.40 bits per heavy atom. The molecule has 0 amide bonds. The number of aliphatic hydroxyl groups excluding tert-OH is 3. The molecule has 7 aliphatic carbocycles. The number of aliphatic hydroxyl groups is 3. The first kappa shape index (κ1) is 54.0. The number of rotatable bonds is 26. The van der Waals surface area contributed by atoms with E-state index in [1.807, 2.05) is 0 Å². The molecule has 7 aliphatic rings. The van der Waals surface area contributed by atoms with Gasteiger partial charge in [-0.3, -0.25) is 0 Å². The zero-order valence-electron chi connectivity index (χ0n) is 43.7. The highest BCUT2D eigenvalue weighted by atomic mass is 35.5. The van der Waals surface area contributed by atoms with Crippen LogP contribution >= 0.6 is 11.6 Å². The van der Waals surface area contributed by atoms with Crippen molar-refractivity contribution >= 4 is 11.6 Å². The standard InChI is InChI=1S/C61H101ClF2O3/c1-9-42(16-15-29-61(30-31-61)49-25-27-50(62)28-26-49)33-53(54-34-48(54)38-60(8,63)64)40(4)44(10-2)32-43-21-23-46(24-22-43)58(67)55-35-47(55)37-59(6,7)36-39(3)56(65)57(66)41(5)51-19-13-14-20-52(51)45-17-11-12-18-45/h15-16,40,42-58,65-67H,3,5,9-14,17-38H2,1-2,4,6-8H3. The van der Waals surface area contributed by atoms with Crippen molar-refractivity contribution in [1.29, 1.82) is 0 Å². The van der Waals surface area contributed by atoms with Crippen molar-refractivity contribution in [3.05, 3.63) is 36.5 Å². The molecule has 13 unspecified atom stereocenters. The number of hydrogen-bond donors (Lipinski definition) is 3. The zero-order valence-corrected chi connectivity index (χ0v) is 44.5. The minimum atomic E-state index is -2.59. The molecule has 0 radical (unpaired) electrons. The number of hydrogen-bond acceptors (Lipinski definition) is 3. The second kappa shape index (κ2) is 23.4. The van der Waals surface area contributed by atoms with Gasteiger partial charge in [-0.1, -0.05) is 118 Å².